The third kappa shape index (κ3) is 2.02. The lowest BCUT2D eigenvalue weighted by molar-refractivity contribution is 0.559. The van der Waals surface area contributed by atoms with Crippen molar-refractivity contribution in [1.29, 1.82) is 0 Å². The second-order valence-electron chi connectivity index (χ2n) is 4.49. The molecular formula is C12H17N5S. The Balaban J connectivity index is 1.82. The predicted molar refractivity (Wildman–Crippen MR) is 72.9 cm³/mol. The van der Waals surface area contributed by atoms with Gasteiger partial charge >= 0.3 is 0 Å². The van der Waals surface area contributed by atoms with Crippen LogP contribution in [-0.4, -0.2) is 28.1 Å². The molecule has 0 fully saturated rings. The maximum Gasteiger partial charge on any atom is 0.186 e. The Hall–Kier alpha value is -1.40. The number of rotatable bonds is 3. The van der Waals surface area contributed by atoms with Crippen molar-refractivity contribution >= 4 is 16.5 Å². The van der Waals surface area contributed by atoms with Crippen molar-refractivity contribution in [2.75, 3.05) is 18.5 Å². The molecule has 0 spiro atoms. The molecule has 0 aliphatic carbocycles. The molecule has 0 saturated heterocycles. The standard InChI is InChI=1S/C12H17N5S/c1-9-10(7-13-2)18-12(15-9)17-6-5-16-4-3-14-11(16)8-17/h3-4,13H,5-8H2,1-2H3. The summed E-state index contributed by atoms with van der Waals surface area (Å²) in [5.41, 5.74) is 1.14. The highest BCUT2D eigenvalue weighted by Crippen LogP contribution is 2.28. The number of thiazole rings is 1. The highest BCUT2D eigenvalue weighted by Gasteiger charge is 2.20. The SMILES string of the molecule is CNCc1sc(N2CCn3ccnc3C2)nc1C. The van der Waals surface area contributed by atoms with Gasteiger partial charge in [0.1, 0.15) is 5.82 Å². The van der Waals surface area contributed by atoms with E-state index in [1.807, 2.05) is 19.4 Å². The van der Waals surface area contributed by atoms with Gasteiger partial charge in [0.05, 0.1) is 12.2 Å². The quantitative estimate of drug-likeness (QED) is 0.909. The van der Waals surface area contributed by atoms with E-state index >= 15 is 0 Å². The number of imidazole rings is 1. The number of hydrogen-bond acceptors (Lipinski definition) is 5. The maximum atomic E-state index is 4.68. The van der Waals surface area contributed by atoms with Gasteiger partial charge in [-0.15, -0.1) is 11.3 Å². The third-order valence-electron chi connectivity index (χ3n) is 3.23. The van der Waals surface area contributed by atoms with Crippen molar-refractivity contribution in [3.05, 3.63) is 28.8 Å². The fourth-order valence-electron chi connectivity index (χ4n) is 2.21. The highest BCUT2D eigenvalue weighted by atomic mass is 32.1. The van der Waals surface area contributed by atoms with Gasteiger partial charge in [-0.25, -0.2) is 9.97 Å². The lowest BCUT2D eigenvalue weighted by atomic mass is 10.4. The molecular weight excluding hydrogens is 246 g/mol. The number of nitrogens with zero attached hydrogens (tertiary/aromatic N) is 4. The fourth-order valence-corrected chi connectivity index (χ4v) is 3.31. The van der Waals surface area contributed by atoms with Crippen LogP contribution in [0.2, 0.25) is 0 Å². The van der Waals surface area contributed by atoms with Crippen LogP contribution in [0.5, 0.6) is 0 Å². The molecule has 0 amide bonds. The van der Waals surface area contributed by atoms with Gasteiger partial charge in [-0.3, -0.25) is 0 Å². The van der Waals surface area contributed by atoms with Gasteiger partial charge < -0.3 is 14.8 Å². The molecule has 0 aromatic carbocycles. The molecule has 3 heterocycles. The molecule has 2 aromatic heterocycles. The van der Waals surface area contributed by atoms with Gasteiger partial charge in [0.25, 0.3) is 0 Å². The van der Waals surface area contributed by atoms with E-state index < -0.39 is 0 Å². The van der Waals surface area contributed by atoms with Gasteiger partial charge in [-0.05, 0) is 14.0 Å². The van der Waals surface area contributed by atoms with E-state index in [4.69, 9.17) is 0 Å². The summed E-state index contributed by atoms with van der Waals surface area (Å²) in [4.78, 5) is 12.7. The van der Waals surface area contributed by atoms with Gasteiger partial charge in [0, 0.05) is 36.9 Å². The molecule has 96 valence electrons. The molecule has 3 rings (SSSR count). The summed E-state index contributed by atoms with van der Waals surface area (Å²) in [5.74, 6) is 1.13. The first kappa shape index (κ1) is 11.7. The van der Waals surface area contributed by atoms with E-state index in [0.717, 1.165) is 42.8 Å². The lowest BCUT2D eigenvalue weighted by Gasteiger charge is -2.27. The largest absolute Gasteiger partial charge is 0.339 e. The van der Waals surface area contributed by atoms with Crippen molar-refractivity contribution in [2.45, 2.75) is 26.6 Å². The van der Waals surface area contributed by atoms with Crippen molar-refractivity contribution in [1.82, 2.24) is 19.9 Å². The van der Waals surface area contributed by atoms with Crippen LogP contribution in [0, 0.1) is 6.92 Å². The second-order valence-corrected chi connectivity index (χ2v) is 5.56. The van der Waals surface area contributed by atoms with Crippen molar-refractivity contribution < 1.29 is 0 Å². The monoisotopic (exact) mass is 263 g/mol. The van der Waals surface area contributed by atoms with Gasteiger partial charge in [0.15, 0.2) is 5.13 Å². The van der Waals surface area contributed by atoms with Crippen LogP contribution in [0.3, 0.4) is 0 Å². The average Bonchev–Trinajstić information content (AvgIpc) is 2.96. The predicted octanol–water partition coefficient (Wildman–Crippen LogP) is 1.39. The molecule has 5 nitrogen and oxygen atoms in total. The van der Waals surface area contributed by atoms with Crippen LogP contribution in [0.15, 0.2) is 12.4 Å². The average molecular weight is 263 g/mol. The Labute approximate surface area is 110 Å². The minimum Gasteiger partial charge on any atom is -0.339 e. The fraction of sp³-hybridized carbons (Fsp3) is 0.500. The lowest BCUT2D eigenvalue weighted by Crippen LogP contribution is -2.33. The molecule has 0 unspecified atom stereocenters. The highest BCUT2D eigenvalue weighted by molar-refractivity contribution is 7.15. The van der Waals surface area contributed by atoms with Crippen LogP contribution in [0.1, 0.15) is 16.4 Å². The molecule has 6 heteroatoms. The Morgan fingerprint density at radius 2 is 2.33 bits per heavy atom. The zero-order valence-corrected chi connectivity index (χ0v) is 11.5. The van der Waals surface area contributed by atoms with Crippen LogP contribution >= 0.6 is 11.3 Å². The first-order valence-electron chi connectivity index (χ1n) is 6.14. The topological polar surface area (TPSA) is 46.0 Å². The van der Waals surface area contributed by atoms with E-state index in [-0.39, 0.29) is 0 Å². The number of aromatic nitrogens is 3. The summed E-state index contributed by atoms with van der Waals surface area (Å²) < 4.78 is 2.21. The van der Waals surface area contributed by atoms with Crippen LogP contribution in [0.25, 0.3) is 0 Å². The first-order chi connectivity index (χ1) is 8.78. The molecule has 0 bridgehead atoms. The van der Waals surface area contributed by atoms with E-state index in [9.17, 15) is 0 Å². The summed E-state index contributed by atoms with van der Waals surface area (Å²) in [6.45, 7) is 5.84. The van der Waals surface area contributed by atoms with Crippen molar-refractivity contribution in [3.8, 4) is 0 Å². The zero-order valence-electron chi connectivity index (χ0n) is 10.7. The van der Waals surface area contributed by atoms with E-state index in [2.05, 4.69) is 31.7 Å². The number of nitrogens with one attached hydrogen (secondary N) is 1. The normalized spacial score (nSPS) is 14.9. The van der Waals surface area contributed by atoms with Gasteiger partial charge in [-0.1, -0.05) is 0 Å². The number of hydrogen-bond donors (Lipinski definition) is 1. The Morgan fingerprint density at radius 3 is 3.17 bits per heavy atom. The van der Waals surface area contributed by atoms with Gasteiger partial charge in [0.2, 0.25) is 0 Å². The number of anilines is 1. The summed E-state index contributed by atoms with van der Waals surface area (Å²) >= 11 is 1.78. The zero-order chi connectivity index (χ0) is 12.5. The van der Waals surface area contributed by atoms with E-state index in [0.29, 0.717) is 0 Å². The van der Waals surface area contributed by atoms with Crippen LogP contribution < -0.4 is 10.2 Å². The van der Waals surface area contributed by atoms with E-state index in [1.165, 1.54) is 4.88 Å². The number of aryl methyl sites for hydroxylation is 1. The second kappa shape index (κ2) is 4.70. The summed E-state index contributed by atoms with van der Waals surface area (Å²) in [7, 11) is 1.97. The molecule has 18 heavy (non-hydrogen) atoms. The summed E-state index contributed by atoms with van der Waals surface area (Å²) in [5, 5.41) is 4.31. The minimum atomic E-state index is 0.860. The van der Waals surface area contributed by atoms with Crippen LogP contribution in [-0.2, 0) is 19.6 Å². The molecule has 1 aliphatic heterocycles. The smallest absolute Gasteiger partial charge is 0.186 e. The summed E-state index contributed by atoms with van der Waals surface area (Å²) in [6, 6.07) is 0. The van der Waals surface area contributed by atoms with Crippen molar-refractivity contribution in [2.24, 2.45) is 0 Å². The molecule has 0 saturated carbocycles. The Bertz CT molecular complexity index is 544. The summed E-state index contributed by atoms with van der Waals surface area (Å²) in [6.07, 6.45) is 3.92. The Morgan fingerprint density at radius 1 is 1.44 bits per heavy atom. The number of fused-ring (bicyclic) bond motifs is 1. The molecule has 2 aromatic rings. The maximum absolute atomic E-state index is 4.68. The van der Waals surface area contributed by atoms with Crippen LogP contribution in [0.4, 0.5) is 5.13 Å². The molecule has 1 N–H and O–H groups in total. The Kier molecular flexibility index (Phi) is 3.05. The molecule has 0 atom stereocenters. The third-order valence-corrected chi connectivity index (χ3v) is 4.45. The molecule has 1 aliphatic rings. The first-order valence-corrected chi connectivity index (χ1v) is 6.95. The minimum absolute atomic E-state index is 0.860. The molecule has 0 radical (unpaired) electrons. The van der Waals surface area contributed by atoms with E-state index in [1.54, 1.807) is 11.3 Å². The van der Waals surface area contributed by atoms with Crippen molar-refractivity contribution in [3.63, 3.8) is 0 Å². The van der Waals surface area contributed by atoms with Gasteiger partial charge in [-0.2, -0.15) is 0 Å².